The number of hydrogen-bond acceptors (Lipinski definition) is 3. The number of carbonyl (C=O) groups excluding carboxylic acids is 1. The lowest BCUT2D eigenvalue weighted by Crippen LogP contribution is -2.40. The van der Waals surface area contributed by atoms with E-state index in [1.54, 1.807) is 18.7 Å². The van der Waals surface area contributed by atoms with Crippen LogP contribution in [0.2, 0.25) is 0 Å². The van der Waals surface area contributed by atoms with Crippen LogP contribution in [0, 0.1) is 5.82 Å². The maximum Gasteiger partial charge on any atom is 0.228 e. The molecule has 2 atom stereocenters. The first kappa shape index (κ1) is 16.0. The third kappa shape index (κ3) is 3.41. The van der Waals surface area contributed by atoms with Gasteiger partial charge < -0.3 is 10.4 Å². The molecular weight excluding hydrogens is 313 g/mol. The van der Waals surface area contributed by atoms with Crippen LogP contribution in [-0.2, 0) is 10.4 Å². The minimum atomic E-state index is -1.24. The van der Waals surface area contributed by atoms with Gasteiger partial charge in [-0.05, 0) is 36.2 Å². The topological polar surface area (TPSA) is 49.3 Å². The molecule has 0 fully saturated rings. The summed E-state index contributed by atoms with van der Waals surface area (Å²) in [5, 5.41) is 13.3. The van der Waals surface area contributed by atoms with E-state index in [1.807, 2.05) is 24.3 Å². The summed E-state index contributed by atoms with van der Waals surface area (Å²) in [6.45, 7) is 1.69. The summed E-state index contributed by atoms with van der Waals surface area (Å²) < 4.78 is 13.0. The summed E-state index contributed by atoms with van der Waals surface area (Å²) >= 11 is 1.67. The number of carbonyl (C=O) groups is 1. The minimum Gasteiger partial charge on any atom is -0.384 e. The van der Waals surface area contributed by atoms with Crippen molar-refractivity contribution in [3.05, 3.63) is 65.5 Å². The number of thioether (sulfide) groups is 1. The second kappa shape index (κ2) is 6.34. The van der Waals surface area contributed by atoms with E-state index in [4.69, 9.17) is 0 Å². The van der Waals surface area contributed by atoms with Crippen LogP contribution in [0.5, 0.6) is 0 Å². The van der Waals surface area contributed by atoms with Crippen LogP contribution in [0.15, 0.2) is 53.4 Å². The molecule has 1 aliphatic heterocycles. The maximum absolute atomic E-state index is 13.0. The Hall–Kier alpha value is -1.85. The molecule has 0 spiro atoms. The Labute approximate surface area is 138 Å². The molecule has 0 radical (unpaired) electrons. The number of benzene rings is 2. The van der Waals surface area contributed by atoms with E-state index in [2.05, 4.69) is 5.32 Å². The van der Waals surface area contributed by atoms with Gasteiger partial charge in [-0.2, -0.15) is 0 Å². The maximum atomic E-state index is 13.0. The first-order valence-electron chi connectivity index (χ1n) is 7.45. The summed E-state index contributed by atoms with van der Waals surface area (Å²) in [7, 11) is 0. The van der Waals surface area contributed by atoms with Gasteiger partial charge in [-0.25, -0.2) is 4.39 Å². The molecule has 2 aromatic carbocycles. The van der Waals surface area contributed by atoms with E-state index in [1.165, 1.54) is 24.3 Å². The summed E-state index contributed by atoms with van der Waals surface area (Å²) in [4.78, 5) is 13.6. The predicted molar refractivity (Wildman–Crippen MR) is 88.9 cm³/mol. The van der Waals surface area contributed by atoms with Crippen LogP contribution in [0.25, 0.3) is 0 Å². The molecule has 23 heavy (non-hydrogen) atoms. The monoisotopic (exact) mass is 331 g/mol. The minimum absolute atomic E-state index is 0.0841. The molecule has 1 heterocycles. The van der Waals surface area contributed by atoms with Crippen LogP contribution in [0.3, 0.4) is 0 Å². The number of halogens is 1. The summed E-state index contributed by atoms with van der Waals surface area (Å²) in [6, 6.07) is 13.5. The Morgan fingerprint density at radius 2 is 2.00 bits per heavy atom. The van der Waals surface area contributed by atoms with Crippen molar-refractivity contribution in [3.8, 4) is 0 Å². The van der Waals surface area contributed by atoms with Gasteiger partial charge in [0.15, 0.2) is 0 Å². The average molecular weight is 331 g/mol. The highest BCUT2D eigenvalue weighted by molar-refractivity contribution is 7.99. The first-order valence-corrected chi connectivity index (χ1v) is 8.44. The van der Waals surface area contributed by atoms with Gasteiger partial charge in [0.1, 0.15) is 11.4 Å². The SMILES string of the molecule is CC(O)(CNC(=O)C1CSc2ccccc21)c1ccc(F)cc1. The van der Waals surface area contributed by atoms with Crippen molar-refractivity contribution in [2.45, 2.75) is 23.3 Å². The average Bonchev–Trinajstić information content (AvgIpc) is 2.97. The highest BCUT2D eigenvalue weighted by Crippen LogP contribution is 2.39. The molecule has 1 aliphatic rings. The van der Waals surface area contributed by atoms with Crippen molar-refractivity contribution in [2.24, 2.45) is 0 Å². The van der Waals surface area contributed by atoms with Crippen molar-refractivity contribution in [2.75, 3.05) is 12.3 Å². The van der Waals surface area contributed by atoms with Crippen LogP contribution >= 0.6 is 11.8 Å². The van der Waals surface area contributed by atoms with E-state index in [0.717, 1.165) is 10.5 Å². The summed E-state index contributed by atoms with van der Waals surface area (Å²) in [5.41, 5.74) is 0.367. The van der Waals surface area contributed by atoms with E-state index in [-0.39, 0.29) is 24.2 Å². The van der Waals surface area contributed by atoms with Gasteiger partial charge in [0, 0.05) is 10.6 Å². The fourth-order valence-corrected chi connectivity index (χ4v) is 3.90. The van der Waals surface area contributed by atoms with Gasteiger partial charge in [0.2, 0.25) is 5.91 Å². The van der Waals surface area contributed by atoms with Gasteiger partial charge in [-0.1, -0.05) is 30.3 Å². The fraction of sp³-hybridized carbons (Fsp3) is 0.278. The number of hydrogen-bond donors (Lipinski definition) is 2. The fourth-order valence-electron chi connectivity index (χ4n) is 2.67. The second-order valence-electron chi connectivity index (χ2n) is 5.90. The number of fused-ring (bicyclic) bond motifs is 1. The molecule has 0 bridgehead atoms. The zero-order valence-electron chi connectivity index (χ0n) is 12.8. The van der Waals surface area contributed by atoms with Crippen molar-refractivity contribution < 1.29 is 14.3 Å². The van der Waals surface area contributed by atoms with Crippen LogP contribution in [0.4, 0.5) is 4.39 Å². The molecule has 5 heteroatoms. The van der Waals surface area contributed by atoms with Gasteiger partial charge in [-0.15, -0.1) is 11.8 Å². The van der Waals surface area contributed by atoms with E-state index < -0.39 is 5.60 Å². The third-order valence-corrected chi connectivity index (χ3v) is 5.27. The van der Waals surface area contributed by atoms with Gasteiger partial charge in [-0.3, -0.25) is 4.79 Å². The quantitative estimate of drug-likeness (QED) is 0.905. The molecule has 0 aliphatic carbocycles. The predicted octanol–water partition coefficient (Wildman–Crippen LogP) is 3.04. The van der Waals surface area contributed by atoms with Gasteiger partial charge >= 0.3 is 0 Å². The van der Waals surface area contributed by atoms with Gasteiger partial charge in [0.25, 0.3) is 0 Å². The third-order valence-electron chi connectivity index (χ3n) is 4.09. The van der Waals surface area contributed by atoms with Gasteiger partial charge in [0.05, 0.1) is 12.5 Å². The number of aliphatic hydroxyl groups is 1. The molecule has 0 aromatic heterocycles. The Morgan fingerprint density at radius 1 is 1.30 bits per heavy atom. The molecular formula is C18H18FNO2S. The normalized spacial score (nSPS) is 19.0. The molecule has 2 N–H and O–H groups in total. The molecule has 0 saturated carbocycles. The second-order valence-corrected chi connectivity index (χ2v) is 6.96. The number of nitrogens with one attached hydrogen (secondary N) is 1. The lowest BCUT2D eigenvalue weighted by atomic mass is 9.95. The van der Waals surface area contributed by atoms with E-state index >= 15 is 0 Å². The first-order chi connectivity index (χ1) is 11.0. The zero-order chi connectivity index (χ0) is 16.4. The van der Waals surface area contributed by atoms with Crippen LogP contribution < -0.4 is 5.32 Å². The number of amides is 1. The largest absolute Gasteiger partial charge is 0.384 e. The Balaban J connectivity index is 1.66. The molecule has 2 aromatic rings. The molecule has 1 amide bonds. The van der Waals surface area contributed by atoms with Crippen LogP contribution in [0.1, 0.15) is 24.0 Å². The molecule has 120 valence electrons. The lowest BCUT2D eigenvalue weighted by molar-refractivity contribution is -0.123. The zero-order valence-corrected chi connectivity index (χ0v) is 13.6. The number of rotatable bonds is 4. The molecule has 2 unspecified atom stereocenters. The van der Waals surface area contributed by atoms with Crippen molar-refractivity contribution in [1.82, 2.24) is 5.32 Å². The standard InChI is InChI=1S/C18H18FNO2S/c1-18(22,12-6-8-13(19)9-7-12)11-20-17(21)15-10-23-16-5-3-2-4-14(15)16/h2-9,15,22H,10-11H2,1H3,(H,20,21). The highest BCUT2D eigenvalue weighted by atomic mass is 32.2. The Morgan fingerprint density at radius 3 is 2.74 bits per heavy atom. The Kier molecular flexibility index (Phi) is 4.41. The summed E-state index contributed by atoms with van der Waals surface area (Å²) in [6.07, 6.45) is 0. The summed E-state index contributed by atoms with van der Waals surface area (Å²) in [5.74, 6) is 0.0716. The van der Waals surface area contributed by atoms with Crippen LogP contribution in [-0.4, -0.2) is 23.3 Å². The lowest BCUT2D eigenvalue weighted by Gasteiger charge is -2.25. The molecule has 3 rings (SSSR count). The smallest absolute Gasteiger partial charge is 0.228 e. The molecule has 0 saturated heterocycles. The van der Waals surface area contributed by atoms with Crippen molar-refractivity contribution in [3.63, 3.8) is 0 Å². The van der Waals surface area contributed by atoms with Crippen molar-refractivity contribution >= 4 is 17.7 Å². The molecule has 3 nitrogen and oxygen atoms in total. The van der Waals surface area contributed by atoms with E-state index in [0.29, 0.717) is 11.3 Å². The van der Waals surface area contributed by atoms with E-state index in [9.17, 15) is 14.3 Å². The Bertz CT molecular complexity index is 715. The van der Waals surface area contributed by atoms with Crippen molar-refractivity contribution in [1.29, 1.82) is 0 Å². The highest BCUT2D eigenvalue weighted by Gasteiger charge is 2.31.